The Labute approximate surface area is 116 Å². The summed E-state index contributed by atoms with van der Waals surface area (Å²) >= 11 is 8.79. The van der Waals surface area contributed by atoms with Gasteiger partial charge in [-0.25, -0.2) is 9.37 Å². The first-order valence-electron chi connectivity index (χ1n) is 4.95. The van der Waals surface area contributed by atoms with Crippen LogP contribution >= 0.6 is 27.5 Å². The van der Waals surface area contributed by atoms with Crippen LogP contribution in [-0.2, 0) is 0 Å². The summed E-state index contributed by atoms with van der Waals surface area (Å²) in [7, 11) is 0. The number of hydrogen-bond acceptors (Lipinski definition) is 2. The molecule has 1 amide bonds. The van der Waals surface area contributed by atoms with Crippen molar-refractivity contribution < 1.29 is 9.18 Å². The van der Waals surface area contributed by atoms with E-state index in [1.807, 2.05) is 0 Å². The van der Waals surface area contributed by atoms with Crippen LogP contribution in [0, 0.1) is 5.82 Å². The molecule has 1 N–H and O–H groups in total. The Kier molecular flexibility index (Phi) is 3.93. The first kappa shape index (κ1) is 13.0. The molecule has 6 heteroatoms. The van der Waals surface area contributed by atoms with Crippen molar-refractivity contribution in [3.05, 3.63) is 57.5 Å². The summed E-state index contributed by atoms with van der Waals surface area (Å²) in [5.41, 5.74) is 0.665. The highest BCUT2D eigenvalue weighted by Crippen LogP contribution is 2.19. The van der Waals surface area contributed by atoms with E-state index in [9.17, 15) is 9.18 Å². The van der Waals surface area contributed by atoms with Crippen molar-refractivity contribution >= 4 is 39.1 Å². The standard InChI is InChI=1S/C12H7BrClFN2O/c13-11-3-1-2-10(17-11)12(18)16-7-4-5-9(15)8(14)6-7/h1-6H,(H,16,18). The molecule has 0 saturated heterocycles. The molecule has 1 heterocycles. The van der Waals surface area contributed by atoms with Gasteiger partial charge >= 0.3 is 0 Å². The summed E-state index contributed by atoms with van der Waals surface area (Å²) < 4.78 is 13.5. The second kappa shape index (κ2) is 5.46. The lowest BCUT2D eigenvalue weighted by Crippen LogP contribution is -2.13. The Morgan fingerprint density at radius 3 is 2.78 bits per heavy atom. The third-order valence-electron chi connectivity index (χ3n) is 2.13. The van der Waals surface area contributed by atoms with Crippen LogP contribution in [0.1, 0.15) is 10.5 Å². The number of rotatable bonds is 2. The quantitative estimate of drug-likeness (QED) is 0.849. The number of carbonyl (C=O) groups is 1. The summed E-state index contributed by atoms with van der Waals surface area (Å²) in [6.07, 6.45) is 0. The van der Waals surface area contributed by atoms with E-state index < -0.39 is 5.82 Å². The molecule has 0 spiro atoms. The minimum Gasteiger partial charge on any atom is -0.321 e. The van der Waals surface area contributed by atoms with Crippen molar-refractivity contribution in [3.63, 3.8) is 0 Å². The Bertz CT molecular complexity index is 606. The number of hydrogen-bond donors (Lipinski definition) is 1. The largest absolute Gasteiger partial charge is 0.321 e. The minimum atomic E-state index is -0.532. The molecule has 1 aromatic heterocycles. The van der Waals surface area contributed by atoms with Gasteiger partial charge in [0.2, 0.25) is 0 Å². The molecule has 0 bridgehead atoms. The Balaban J connectivity index is 2.18. The van der Waals surface area contributed by atoms with Gasteiger partial charge in [0, 0.05) is 5.69 Å². The maximum Gasteiger partial charge on any atom is 0.274 e. The number of amides is 1. The predicted octanol–water partition coefficient (Wildman–Crippen LogP) is 3.89. The highest BCUT2D eigenvalue weighted by molar-refractivity contribution is 9.10. The van der Waals surface area contributed by atoms with Crippen molar-refractivity contribution in [2.24, 2.45) is 0 Å². The van der Waals surface area contributed by atoms with Crippen LogP contribution in [0.25, 0.3) is 0 Å². The zero-order valence-corrected chi connectivity index (χ0v) is 11.3. The van der Waals surface area contributed by atoms with Gasteiger partial charge in [-0.05, 0) is 46.3 Å². The van der Waals surface area contributed by atoms with E-state index in [0.717, 1.165) is 0 Å². The van der Waals surface area contributed by atoms with Crippen molar-refractivity contribution in [3.8, 4) is 0 Å². The lowest BCUT2D eigenvalue weighted by Gasteiger charge is -2.05. The topological polar surface area (TPSA) is 42.0 Å². The van der Waals surface area contributed by atoms with E-state index >= 15 is 0 Å². The predicted molar refractivity (Wildman–Crippen MR) is 71.3 cm³/mol. The number of benzene rings is 1. The highest BCUT2D eigenvalue weighted by atomic mass is 79.9. The zero-order chi connectivity index (χ0) is 13.1. The Hall–Kier alpha value is -1.46. The van der Waals surface area contributed by atoms with Crippen LogP contribution in [0.5, 0.6) is 0 Å². The molecule has 0 unspecified atom stereocenters. The van der Waals surface area contributed by atoms with Gasteiger partial charge in [-0.3, -0.25) is 4.79 Å². The number of nitrogens with zero attached hydrogens (tertiary/aromatic N) is 1. The lowest BCUT2D eigenvalue weighted by molar-refractivity contribution is 0.102. The zero-order valence-electron chi connectivity index (χ0n) is 8.95. The molecule has 0 aliphatic carbocycles. The fourth-order valence-electron chi connectivity index (χ4n) is 1.30. The van der Waals surface area contributed by atoms with E-state index in [4.69, 9.17) is 11.6 Å². The Morgan fingerprint density at radius 1 is 1.33 bits per heavy atom. The van der Waals surface area contributed by atoms with Crippen LogP contribution < -0.4 is 5.32 Å². The molecule has 3 nitrogen and oxygen atoms in total. The van der Waals surface area contributed by atoms with Crippen LogP contribution in [-0.4, -0.2) is 10.9 Å². The highest BCUT2D eigenvalue weighted by Gasteiger charge is 2.09. The first-order chi connectivity index (χ1) is 8.56. The van der Waals surface area contributed by atoms with E-state index in [1.165, 1.54) is 18.2 Å². The molecular weight excluding hydrogens is 322 g/mol. The van der Waals surface area contributed by atoms with Gasteiger partial charge in [0.1, 0.15) is 16.1 Å². The number of aromatic nitrogens is 1. The van der Waals surface area contributed by atoms with Gasteiger partial charge in [-0.2, -0.15) is 0 Å². The molecule has 0 aliphatic heterocycles. The van der Waals surface area contributed by atoms with E-state index in [2.05, 4.69) is 26.2 Å². The second-order valence-corrected chi connectivity index (χ2v) is 4.65. The normalized spacial score (nSPS) is 10.2. The summed E-state index contributed by atoms with van der Waals surface area (Å²) in [5, 5.41) is 2.53. The van der Waals surface area contributed by atoms with E-state index in [0.29, 0.717) is 10.3 Å². The molecule has 0 aliphatic rings. The minimum absolute atomic E-state index is 0.0463. The summed E-state index contributed by atoms with van der Waals surface area (Å²) in [4.78, 5) is 15.8. The monoisotopic (exact) mass is 328 g/mol. The van der Waals surface area contributed by atoms with Crippen LogP contribution in [0.15, 0.2) is 41.0 Å². The smallest absolute Gasteiger partial charge is 0.274 e. The fourth-order valence-corrected chi connectivity index (χ4v) is 1.83. The number of anilines is 1. The lowest BCUT2D eigenvalue weighted by atomic mass is 10.3. The molecule has 18 heavy (non-hydrogen) atoms. The van der Waals surface area contributed by atoms with Gasteiger partial charge < -0.3 is 5.32 Å². The SMILES string of the molecule is O=C(Nc1ccc(F)c(Cl)c1)c1cccc(Br)n1. The van der Waals surface area contributed by atoms with Crippen molar-refractivity contribution in [2.45, 2.75) is 0 Å². The first-order valence-corrected chi connectivity index (χ1v) is 6.12. The summed E-state index contributed by atoms with van der Waals surface area (Å²) in [6.45, 7) is 0. The average Bonchev–Trinajstić information content (AvgIpc) is 2.34. The number of pyridine rings is 1. The molecule has 0 saturated carbocycles. The van der Waals surface area contributed by atoms with E-state index in [1.54, 1.807) is 18.2 Å². The Morgan fingerprint density at radius 2 is 2.11 bits per heavy atom. The summed E-state index contributed by atoms with van der Waals surface area (Å²) in [6, 6.07) is 8.94. The van der Waals surface area contributed by atoms with Crippen molar-refractivity contribution in [2.75, 3.05) is 5.32 Å². The van der Waals surface area contributed by atoms with Crippen LogP contribution in [0.3, 0.4) is 0 Å². The van der Waals surface area contributed by atoms with Crippen molar-refractivity contribution in [1.82, 2.24) is 4.98 Å². The maximum atomic E-state index is 12.9. The van der Waals surface area contributed by atoms with Gasteiger partial charge in [-0.1, -0.05) is 17.7 Å². The van der Waals surface area contributed by atoms with Gasteiger partial charge in [0.05, 0.1) is 5.02 Å². The molecule has 92 valence electrons. The van der Waals surface area contributed by atoms with Gasteiger partial charge in [0.25, 0.3) is 5.91 Å². The maximum absolute atomic E-state index is 12.9. The molecule has 0 atom stereocenters. The van der Waals surface area contributed by atoms with Crippen LogP contribution in [0.4, 0.5) is 10.1 Å². The molecule has 2 aromatic rings. The van der Waals surface area contributed by atoms with Gasteiger partial charge in [-0.15, -0.1) is 0 Å². The van der Waals surface area contributed by atoms with E-state index in [-0.39, 0.29) is 16.6 Å². The average molecular weight is 330 g/mol. The van der Waals surface area contributed by atoms with Gasteiger partial charge in [0.15, 0.2) is 0 Å². The molecule has 0 radical (unpaired) electrons. The molecule has 2 rings (SSSR count). The fraction of sp³-hybridized carbons (Fsp3) is 0. The number of halogens is 3. The second-order valence-electron chi connectivity index (χ2n) is 3.43. The van der Waals surface area contributed by atoms with Crippen molar-refractivity contribution in [1.29, 1.82) is 0 Å². The molecular formula is C12H7BrClFN2O. The summed E-state index contributed by atoms with van der Waals surface area (Å²) in [5.74, 6) is -0.922. The molecule has 0 fully saturated rings. The molecule has 1 aromatic carbocycles. The number of nitrogens with one attached hydrogen (secondary N) is 1. The van der Waals surface area contributed by atoms with Crippen LogP contribution in [0.2, 0.25) is 5.02 Å². The third-order valence-corrected chi connectivity index (χ3v) is 2.86. The number of carbonyl (C=O) groups excluding carboxylic acids is 1. The third kappa shape index (κ3) is 3.05.